The van der Waals surface area contributed by atoms with Crippen molar-refractivity contribution < 1.29 is 19.7 Å². The van der Waals surface area contributed by atoms with E-state index in [9.17, 15) is 40.5 Å². The second-order valence-corrected chi connectivity index (χ2v) is 5.73. The topological polar surface area (TPSA) is 173 Å². The maximum Gasteiger partial charge on any atom is 0.492 e. The van der Waals surface area contributed by atoms with E-state index in [2.05, 4.69) is 0 Å². The summed E-state index contributed by atoms with van der Waals surface area (Å²) in [6, 6.07) is 5.52. The molecule has 0 aromatic heterocycles. The number of hydrogen-bond donors (Lipinski definition) is 0. The molecule has 1 unspecified atom stereocenters. The Labute approximate surface area is 143 Å². The zero-order chi connectivity index (χ0) is 19.0. The van der Waals surface area contributed by atoms with Gasteiger partial charge in [0.15, 0.2) is 0 Å². The van der Waals surface area contributed by atoms with Crippen LogP contribution in [-0.2, 0) is 0 Å². The Morgan fingerprint density at radius 1 is 0.920 bits per heavy atom. The highest BCUT2D eigenvalue weighted by atomic mass is 35.5. The molecule has 0 saturated heterocycles. The van der Waals surface area contributed by atoms with Crippen molar-refractivity contribution in [1.82, 2.24) is 0 Å². The van der Waals surface area contributed by atoms with Crippen LogP contribution >= 0.6 is 11.6 Å². The fourth-order valence-electron chi connectivity index (χ4n) is 2.78. The first-order valence-electron chi connectivity index (χ1n) is 6.61. The van der Waals surface area contributed by atoms with E-state index in [1.807, 2.05) is 0 Å². The molecule has 132 valence electrons. The van der Waals surface area contributed by atoms with Crippen LogP contribution in [-0.4, -0.2) is 31.0 Å². The van der Waals surface area contributed by atoms with E-state index >= 15 is 0 Å². The van der Waals surface area contributed by atoms with Crippen LogP contribution in [0.25, 0.3) is 0 Å². The molecule has 0 fully saturated rings. The van der Waals surface area contributed by atoms with Gasteiger partial charge < -0.3 is 0 Å². The van der Waals surface area contributed by atoms with E-state index in [4.69, 9.17) is 11.6 Å². The molecule has 1 aliphatic rings. The van der Waals surface area contributed by atoms with E-state index in [-0.39, 0.29) is 10.6 Å². The highest BCUT2D eigenvalue weighted by molar-refractivity contribution is 6.31. The Balaban J connectivity index is 2.81. The molecule has 1 aromatic carbocycles. The second kappa shape index (κ2) is 6.05. The van der Waals surface area contributed by atoms with Crippen LogP contribution in [0.15, 0.2) is 36.4 Å². The summed E-state index contributed by atoms with van der Waals surface area (Å²) in [5.74, 6) is -1.63. The molecule has 0 radical (unpaired) electrons. The molecule has 1 aliphatic carbocycles. The Morgan fingerprint density at radius 2 is 1.44 bits per heavy atom. The molecule has 12 nitrogen and oxygen atoms in total. The molecular weight excluding hydrogens is 364 g/mol. The van der Waals surface area contributed by atoms with Crippen molar-refractivity contribution >= 4 is 11.6 Å². The predicted octanol–water partition coefficient (Wildman–Crippen LogP) is 1.88. The van der Waals surface area contributed by atoms with Gasteiger partial charge in [0, 0.05) is 5.02 Å². The molecular formula is C12H9ClN4O8. The molecule has 0 saturated carbocycles. The average Bonchev–Trinajstić information content (AvgIpc) is 2.53. The number of benzene rings is 1. The SMILES string of the molecule is O=[N+]([O-])C1([N+](=O)[O-])C=CC(c2ccccc2Cl)C([N+](=O)[O-])([N+](=O)[O-])C1. The van der Waals surface area contributed by atoms with Crippen LogP contribution in [0.4, 0.5) is 0 Å². The van der Waals surface area contributed by atoms with Gasteiger partial charge in [0.1, 0.15) is 25.6 Å². The van der Waals surface area contributed by atoms with E-state index in [1.54, 1.807) is 0 Å². The van der Waals surface area contributed by atoms with Gasteiger partial charge in [-0.1, -0.05) is 35.9 Å². The highest BCUT2D eigenvalue weighted by Crippen LogP contribution is 2.46. The summed E-state index contributed by atoms with van der Waals surface area (Å²) >= 11 is 5.94. The maximum absolute atomic E-state index is 11.6. The minimum atomic E-state index is -3.22. The van der Waals surface area contributed by atoms with Crippen molar-refractivity contribution in [3.63, 3.8) is 0 Å². The quantitative estimate of drug-likeness (QED) is 0.326. The predicted molar refractivity (Wildman–Crippen MR) is 81.4 cm³/mol. The van der Waals surface area contributed by atoms with Crippen molar-refractivity contribution in [1.29, 1.82) is 0 Å². The van der Waals surface area contributed by atoms with E-state index in [1.165, 1.54) is 24.3 Å². The standard InChI is InChI=1S/C12H9ClN4O8/c13-10-4-2-1-3-8(10)9-5-6-11(14(18)19,15(20)21)7-12(9,16(22)23)17(24)25/h1-6,9H,7H2. The zero-order valence-corrected chi connectivity index (χ0v) is 12.9. The number of nitro groups is 4. The van der Waals surface area contributed by atoms with Crippen molar-refractivity contribution in [2.75, 3.05) is 0 Å². The number of nitrogens with zero attached hydrogens (tertiary/aromatic N) is 4. The molecule has 0 spiro atoms. The Hall–Kier alpha value is -3.15. The molecule has 2 rings (SSSR count). The summed E-state index contributed by atoms with van der Waals surface area (Å²) in [7, 11) is 0. The number of rotatable bonds is 5. The normalized spacial score (nSPS) is 20.6. The minimum absolute atomic E-state index is 0.0332. The molecule has 25 heavy (non-hydrogen) atoms. The van der Waals surface area contributed by atoms with Gasteiger partial charge in [-0.15, -0.1) is 0 Å². The first-order valence-corrected chi connectivity index (χ1v) is 6.99. The van der Waals surface area contributed by atoms with Gasteiger partial charge >= 0.3 is 11.3 Å². The third kappa shape index (κ3) is 2.55. The molecule has 1 atom stereocenters. The van der Waals surface area contributed by atoms with Crippen LogP contribution in [0, 0.1) is 40.5 Å². The fourth-order valence-corrected chi connectivity index (χ4v) is 3.03. The van der Waals surface area contributed by atoms with Gasteiger partial charge in [0.25, 0.3) is 0 Å². The first-order chi connectivity index (χ1) is 11.6. The Morgan fingerprint density at radius 3 is 1.88 bits per heavy atom. The minimum Gasteiger partial charge on any atom is -0.258 e. The summed E-state index contributed by atoms with van der Waals surface area (Å²) in [6.45, 7) is 0. The Kier molecular flexibility index (Phi) is 4.40. The van der Waals surface area contributed by atoms with Crippen LogP contribution in [0.2, 0.25) is 5.02 Å². The van der Waals surface area contributed by atoms with Gasteiger partial charge in [0.05, 0.1) is 6.08 Å². The lowest BCUT2D eigenvalue weighted by atomic mass is 9.75. The second-order valence-electron chi connectivity index (χ2n) is 5.32. The van der Waals surface area contributed by atoms with Gasteiger partial charge in [-0.25, -0.2) is 0 Å². The summed E-state index contributed by atoms with van der Waals surface area (Å²) in [5, 5.41) is 45.5. The van der Waals surface area contributed by atoms with E-state index in [0.29, 0.717) is 6.08 Å². The molecule has 0 amide bonds. The molecule has 13 heteroatoms. The number of hydrogen-bond acceptors (Lipinski definition) is 8. The highest BCUT2D eigenvalue weighted by Gasteiger charge is 2.77. The van der Waals surface area contributed by atoms with Crippen LogP contribution in [0.1, 0.15) is 17.9 Å². The van der Waals surface area contributed by atoms with Gasteiger partial charge in [0.2, 0.25) is 6.42 Å². The van der Waals surface area contributed by atoms with Crippen LogP contribution < -0.4 is 0 Å². The molecule has 0 N–H and O–H groups in total. The molecule has 1 aromatic rings. The fraction of sp³-hybridized carbons (Fsp3) is 0.333. The molecule has 0 aliphatic heterocycles. The summed E-state index contributed by atoms with van der Waals surface area (Å²) in [4.78, 5) is 40.1. The van der Waals surface area contributed by atoms with Gasteiger partial charge in [-0.05, 0) is 11.6 Å². The average molecular weight is 373 g/mol. The first kappa shape index (κ1) is 18.2. The molecule has 0 bridgehead atoms. The third-order valence-electron chi connectivity index (χ3n) is 4.08. The van der Waals surface area contributed by atoms with Crippen LogP contribution in [0.5, 0.6) is 0 Å². The maximum atomic E-state index is 11.6. The lowest BCUT2D eigenvalue weighted by molar-refractivity contribution is -0.843. The molecule has 0 heterocycles. The van der Waals surface area contributed by atoms with Crippen LogP contribution in [0.3, 0.4) is 0 Å². The third-order valence-corrected chi connectivity index (χ3v) is 4.42. The van der Waals surface area contributed by atoms with E-state index < -0.39 is 43.4 Å². The van der Waals surface area contributed by atoms with Gasteiger partial charge in [-0.2, -0.15) is 0 Å². The monoisotopic (exact) mass is 372 g/mol. The van der Waals surface area contributed by atoms with Gasteiger partial charge in [-0.3, -0.25) is 40.5 Å². The van der Waals surface area contributed by atoms with Crippen molar-refractivity contribution in [2.24, 2.45) is 0 Å². The summed E-state index contributed by atoms with van der Waals surface area (Å²) in [5.41, 5.74) is -6.44. The smallest absolute Gasteiger partial charge is 0.258 e. The summed E-state index contributed by atoms with van der Waals surface area (Å²) < 4.78 is 0. The Bertz CT molecular complexity index is 782. The van der Waals surface area contributed by atoms with Crippen molar-refractivity contribution in [3.8, 4) is 0 Å². The summed E-state index contributed by atoms with van der Waals surface area (Å²) in [6.07, 6.45) is -0.291. The zero-order valence-electron chi connectivity index (χ0n) is 12.2. The lowest BCUT2D eigenvalue weighted by Crippen LogP contribution is -2.61. The van der Waals surface area contributed by atoms with E-state index in [0.717, 1.165) is 6.08 Å². The lowest BCUT2D eigenvalue weighted by Gasteiger charge is -2.29. The largest absolute Gasteiger partial charge is 0.492 e. The number of halogens is 1. The van der Waals surface area contributed by atoms with Crippen molar-refractivity contribution in [3.05, 3.63) is 87.5 Å². The van der Waals surface area contributed by atoms with Crippen molar-refractivity contribution in [2.45, 2.75) is 23.7 Å².